The van der Waals surface area contributed by atoms with E-state index < -0.39 is 18.0 Å². The fraction of sp³-hybridized carbons (Fsp3) is 0.381. The molecule has 2 aromatic carbocycles. The van der Waals surface area contributed by atoms with E-state index in [0.717, 1.165) is 24.2 Å². The van der Waals surface area contributed by atoms with Crippen LogP contribution in [-0.4, -0.2) is 31.2 Å². The van der Waals surface area contributed by atoms with Crippen molar-refractivity contribution in [2.75, 3.05) is 20.2 Å². The largest absolute Gasteiger partial charge is 0.497 e. The van der Waals surface area contributed by atoms with Gasteiger partial charge in [0.05, 0.1) is 19.3 Å². The van der Waals surface area contributed by atoms with Crippen molar-refractivity contribution >= 4 is 5.91 Å². The lowest BCUT2D eigenvalue weighted by Gasteiger charge is -2.19. The van der Waals surface area contributed by atoms with E-state index in [0.29, 0.717) is 16.9 Å². The van der Waals surface area contributed by atoms with Crippen molar-refractivity contribution in [3.63, 3.8) is 0 Å². The van der Waals surface area contributed by atoms with Gasteiger partial charge in [-0.25, -0.2) is 4.39 Å². The van der Waals surface area contributed by atoms with Crippen molar-refractivity contribution in [3.8, 4) is 5.75 Å². The summed E-state index contributed by atoms with van der Waals surface area (Å²) in [6, 6.07) is 9.22. The zero-order chi connectivity index (χ0) is 20.3. The molecule has 1 fully saturated rings. The van der Waals surface area contributed by atoms with Crippen LogP contribution >= 0.6 is 0 Å². The van der Waals surface area contributed by atoms with E-state index in [2.05, 4.69) is 16.2 Å². The molecule has 1 aliphatic heterocycles. The molecule has 0 aliphatic carbocycles. The second-order valence-corrected chi connectivity index (χ2v) is 7.06. The smallest absolute Gasteiger partial charge is 0.251 e. The zero-order valence-electron chi connectivity index (χ0n) is 16.3. The Bertz CT molecular complexity index is 851. The predicted octanol–water partition coefficient (Wildman–Crippen LogP) is 2.57. The Hall–Kier alpha value is -2.48. The summed E-state index contributed by atoms with van der Waals surface area (Å²) in [4.78, 5) is 12.7. The quantitative estimate of drug-likeness (QED) is 0.613. The van der Waals surface area contributed by atoms with Crippen molar-refractivity contribution in [3.05, 3.63) is 64.5 Å². The molecule has 2 aromatic rings. The lowest BCUT2D eigenvalue weighted by molar-refractivity contribution is 0.0939. The molecule has 1 saturated heterocycles. The third-order valence-electron chi connectivity index (χ3n) is 5.08. The Labute approximate surface area is 164 Å². The summed E-state index contributed by atoms with van der Waals surface area (Å²) >= 11 is 0. The molecule has 2 unspecified atom stereocenters. The molecule has 1 aliphatic rings. The molecule has 7 heteroatoms. The van der Waals surface area contributed by atoms with Crippen LogP contribution in [0.4, 0.5) is 4.39 Å². The number of carbonyl (C=O) groups is 1. The number of rotatable bonds is 6. The Morgan fingerprint density at radius 2 is 1.89 bits per heavy atom. The summed E-state index contributed by atoms with van der Waals surface area (Å²) in [5, 5.41) is 13.0. The van der Waals surface area contributed by atoms with Crippen molar-refractivity contribution < 1.29 is 19.0 Å². The molecule has 4 N–H and O–H groups in total. The maximum Gasteiger partial charge on any atom is 0.251 e. The van der Waals surface area contributed by atoms with Crippen molar-refractivity contribution in [2.24, 2.45) is 0 Å². The van der Waals surface area contributed by atoms with Gasteiger partial charge in [-0.2, -0.15) is 0 Å². The number of aliphatic hydroxyl groups excluding tert-OH is 1. The van der Waals surface area contributed by atoms with Crippen LogP contribution in [-0.2, 0) is 0 Å². The SMILES string of the molecule is COc1ccc(F)c(C(C)NC(=O)c2ccc(C3CNNC3)c(C(C)O)c2)c1. The minimum absolute atomic E-state index is 0.228. The fourth-order valence-corrected chi connectivity index (χ4v) is 3.47. The summed E-state index contributed by atoms with van der Waals surface area (Å²) < 4.78 is 19.3. The van der Waals surface area contributed by atoms with E-state index in [-0.39, 0.29) is 11.8 Å². The fourth-order valence-electron chi connectivity index (χ4n) is 3.47. The van der Waals surface area contributed by atoms with E-state index in [9.17, 15) is 14.3 Å². The number of ether oxygens (including phenoxy) is 1. The highest BCUT2D eigenvalue weighted by Crippen LogP contribution is 2.28. The van der Waals surface area contributed by atoms with Crippen LogP contribution in [0.3, 0.4) is 0 Å². The third-order valence-corrected chi connectivity index (χ3v) is 5.08. The third kappa shape index (κ3) is 4.32. The van der Waals surface area contributed by atoms with Crippen molar-refractivity contribution in [1.29, 1.82) is 0 Å². The topological polar surface area (TPSA) is 82.6 Å². The average molecular weight is 387 g/mol. The van der Waals surface area contributed by atoms with Crippen LogP contribution in [0.25, 0.3) is 0 Å². The number of amides is 1. The van der Waals surface area contributed by atoms with E-state index in [1.54, 1.807) is 32.0 Å². The Morgan fingerprint density at radius 3 is 2.54 bits per heavy atom. The molecule has 3 rings (SSSR count). The highest BCUT2D eigenvalue weighted by molar-refractivity contribution is 5.94. The normalized spacial score (nSPS) is 16.6. The molecule has 0 bridgehead atoms. The van der Waals surface area contributed by atoms with Crippen LogP contribution in [0.5, 0.6) is 5.75 Å². The van der Waals surface area contributed by atoms with Crippen LogP contribution in [0, 0.1) is 5.82 Å². The van der Waals surface area contributed by atoms with Gasteiger partial charge in [0.2, 0.25) is 0 Å². The Balaban J connectivity index is 1.81. The van der Waals surface area contributed by atoms with Crippen LogP contribution in [0.15, 0.2) is 36.4 Å². The van der Waals surface area contributed by atoms with Gasteiger partial charge in [0.25, 0.3) is 5.91 Å². The predicted molar refractivity (Wildman–Crippen MR) is 105 cm³/mol. The molecule has 0 aromatic heterocycles. The Kier molecular flexibility index (Phi) is 6.28. The number of carbonyl (C=O) groups excluding carboxylic acids is 1. The monoisotopic (exact) mass is 387 g/mol. The first-order valence-electron chi connectivity index (χ1n) is 9.32. The van der Waals surface area contributed by atoms with Gasteiger partial charge in [0, 0.05) is 30.1 Å². The van der Waals surface area contributed by atoms with Gasteiger partial charge in [0.15, 0.2) is 0 Å². The lowest BCUT2D eigenvalue weighted by Crippen LogP contribution is -2.27. The van der Waals surface area contributed by atoms with E-state index in [1.165, 1.54) is 19.2 Å². The first kappa shape index (κ1) is 20.3. The van der Waals surface area contributed by atoms with Crippen molar-refractivity contribution in [2.45, 2.75) is 31.9 Å². The molecule has 0 saturated carbocycles. The van der Waals surface area contributed by atoms with Crippen LogP contribution in [0.2, 0.25) is 0 Å². The number of methoxy groups -OCH3 is 1. The number of nitrogens with one attached hydrogen (secondary N) is 3. The molecular formula is C21H26FN3O3. The minimum Gasteiger partial charge on any atom is -0.497 e. The maximum atomic E-state index is 14.2. The minimum atomic E-state index is -0.698. The van der Waals surface area contributed by atoms with E-state index in [1.807, 2.05) is 6.07 Å². The second kappa shape index (κ2) is 8.68. The van der Waals surface area contributed by atoms with E-state index >= 15 is 0 Å². The summed E-state index contributed by atoms with van der Waals surface area (Å²) in [7, 11) is 1.51. The van der Waals surface area contributed by atoms with Gasteiger partial charge in [-0.1, -0.05) is 6.07 Å². The molecule has 150 valence electrons. The summed E-state index contributed by atoms with van der Waals surface area (Å²) in [5.41, 5.74) is 8.66. The maximum absolute atomic E-state index is 14.2. The van der Waals surface area contributed by atoms with Crippen LogP contribution in [0.1, 0.15) is 59.0 Å². The second-order valence-electron chi connectivity index (χ2n) is 7.06. The number of hydrogen-bond acceptors (Lipinski definition) is 5. The molecule has 28 heavy (non-hydrogen) atoms. The molecular weight excluding hydrogens is 361 g/mol. The van der Waals surface area contributed by atoms with E-state index in [4.69, 9.17) is 4.74 Å². The molecule has 0 spiro atoms. The van der Waals surface area contributed by atoms with Crippen molar-refractivity contribution in [1.82, 2.24) is 16.2 Å². The first-order chi connectivity index (χ1) is 13.4. The summed E-state index contributed by atoms with van der Waals surface area (Å²) in [6.45, 7) is 4.93. The molecule has 1 amide bonds. The number of hydrazine groups is 1. The number of halogens is 1. The van der Waals surface area contributed by atoms with Gasteiger partial charge in [-0.15, -0.1) is 0 Å². The van der Waals surface area contributed by atoms with Gasteiger partial charge >= 0.3 is 0 Å². The highest BCUT2D eigenvalue weighted by Gasteiger charge is 2.23. The van der Waals surface area contributed by atoms with Crippen LogP contribution < -0.4 is 20.9 Å². The highest BCUT2D eigenvalue weighted by atomic mass is 19.1. The molecule has 2 atom stereocenters. The zero-order valence-corrected chi connectivity index (χ0v) is 16.3. The summed E-state index contributed by atoms with van der Waals surface area (Å²) in [6.07, 6.45) is -0.698. The van der Waals surface area contributed by atoms with Gasteiger partial charge in [-0.05, 0) is 55.3 Å². The molecule has 1 heterocycles. The number of benzene rings is 2. The standard InChI is InChI=1S/C21H26FN3O3/c1-12(18-9-16(28-3)5-7-20(18)22)25-21(27)14-4-6-17(15-10-23-24-11-15)19(8-14)13(2)26/h4-9,12-13,15,23-24,26H,10-11H2,1-3H3,(H,25,27). The summed E-state index contributed by atoms with van der Waals surface area (Å²) in [5.74, 6) is 0.0178. The number of hydrogen-bond donors (Lipinski definition) is 4. The number of aliphatic hydroxyl groups is 1. The van der Waals surface area contributed by atoms with Gasteiger partial charge < -0.3 is 15.2 Å². The first-order valence-corrected chi connectivity index (χ1v) is 9.32. The molecule has 0 radical (unpaired) electrons. The Morgan fingerprint density at radius 1 is 1.18 bits per heavy atom. The van der Waals surface area contributed by atoms with Gasteiger partial charge in [-0.3, -0.25) is 15.6 Å². The molecule has 6 nitrogen and oxygen atoms in total. The lowest BCUT2D eigenvalue weighted by atomic mass is 9.90. The average Bonchev–Trinajstić information content (AvgIpc) is 3.22. The van der Waals surface area contributed by atoms with Gasteiger partial charge in [0.1, 0.15) is 11.6 Å².